The van der Waals surface area contributed by atoms with Gasteiger partial charge in [-0.15, -0.1) is 0 Å². The van der Waals surface area contributed by atoms with Crippen molar-refractivity contribution in [3.63, 3.8) is 0 Å². The molecule has 2 atom stereocenters. The Bertz CT molecular complexity index is 254. The lowest BCUT2D eigenvalue weighted by atomic mass is 9.91. The van der Waals surface area contributed by atoms with Gasteiger partial charge >= 0.3 is 0 Å². The molecule has 0 spiro atoms. The first-order chi connectivity index (χ1) is 8.15. The normalized spacial score (nSPS) is 38.7. The number of amides is 1. The highest BCUT2D eigenvalue weighted by atomic mass is 16.3. The van der Waals surface area contributed by atoms with Crippen LogP contribution in [0.25, 0.3) is 0 Å². The van der Waals surface area contributed by atoms with Gasteiger partial charge in [-0.2, -0.15) is 0 Å². The van der Waals surface area contributed by atoms with Gasteiger partial charge in [0.25, 0.3) is 0 Å². The minimum atomic E-state index is -0.152. The average Bonchev–Trinajstić information content (AvgIpc) is 2.33. The highest BCUT2D eigenvalue weighted by Crippen LogP contribution is 2.20. The topological polar surface area (TPSA) is 61.4 Å². The van der Waals surface area contributed by atoms with Gasteiger partial charge in [0, 0.05) is 18.6 Å². The summed E-state index contributed by atoms with van der Waals surface area (Å²) in [5.74, 6) is 0.337. The Balaban J connectivity index is 1.73. The van der Waals surface area contributed by atoms with Crippen LogP contribution in [0.2, 0.25) is 0 Å². The molecule has 2 aliphatic rings. The predicted octanol–water partition coefficient (Wildman–Crippen LogP) is 0.794. The van der Waals surface area contributed by atoms with Crippen molar-refractivity contribution in [3.8, 4) is 0 Å². The predicted molar refractivity (Wildman–Crippen MR) is 66.6 cm³/mol. The third-order valence-corrected chi connectivity index (χ3v) is 4.07. The molecule has 2 rings (SSSR count). The van der Waals surface area contributed by atoms with Gasteiger partial charge in [-0.1, -0.05) is 0 Å². The number of aliphatic hydroxyl groups is 1. The van der Waals surface area contributed by atoms with E-state index in [-0.39, 0.29) is 24.0 Å². The van der Waals surface area contributed by atoms with Crippen LogP contribution in [0.4, 0.5) is 0 Å². The smallest absolute Gasteiger partial charge is 0.224 e. The van der Waals surface area contributed by atoms with Gasteiger partial charge in [0.1, 0.15) is 0 Å². The van der Waals surface area contributed by atoms with E-state index in [0.717, 1.165) is 45.1 Å². The van der Waals surface area contributed by atoms with Crippen molar-refractivity contribution in [2.75, 3.05) is 6.54 Å². The van der Waals surface area contributed by atoms with Gasteiger partial charge in [0.05, 0.1) is 12.0 Å². The molecule has 2 fully saturated rings. The van der Waals surface area contributed by atoms with Gasteiger partial charge in [0.2, 0.25) is 5.91 Å². The fourth-order valence-electron chi connectivity index (χ4n) is 2.76. The van der Waals surface area contributed by atoms with Crippen LogP contribution in [-0.4, -0.2) is 35.7 Å². The van der Waals surface area contributed by atoms with Crippen LogP contribution in [0.1, 0.15) is 45.4 Å². The highest BCUT2D eigenvalue weighted by molar-refractivity contribution is 5.79. The molecule has 4 heteroatoms. The molecule has 17 heavy (non-hydrogen) atoms. The van der Waals surface area contributed by atoms with Crippen LogP contribution in [0.15, 0.2) is 0 Å². The molecule has 3 N–H and O–H groups in total. The average molecular weight is 240 g/mol. The summed E-state index contributed by atoms with van der Waals surface area (Å²) in [6.45, 7) is 2.97. The molecule has 0 bridgehead atoms. The fourth-order valence-corrected chi connectivity index (χ4v) is 2.76. The number of carbonyl (C=O) groups is 1. The lowest BCUT2D eigenvalue weighted by molar-refractivity contribution is -0.126. The lowest BCUT2D eigenvalue weighted by Crippen LogP contribution is -2.47. The first-order valence-electron chi connectivity index (χ1n) is 6.87. The molecule has 98 valence electrons. The highest BCUT2D eigenvalue weighted by Gasteiger charge is 2.27. The van der Waals surface area contributed by atoms with Crippen LogP contribution < -0.4 is 10.6 Å². The van der Waals surface area contributed by atoms with E-state index in [1.807, 2.05) is 0 Å². The summed E-state index contributed by atoms with van der Waals surface area (Å²) in [5, 5.41) is 15.9. The summed E-state index contributed by atoms with van der Waals surface area (Å²) in [5.41, 5.74) is 0. The lowest BCUT2D eigenvalue weighted by Gasteiger charge is -2.30. The van der Waals surface area contributed by atoms with Crippen molar-refractivity contribution in [3.05, 3.63) is 0 Å². The second-order valence-electron chi connectivity index (χ2n) is 5.60. The molecule has 1 heterocycles. The molecule has 0 radical (unpaired) electrons. The molecule has 4 nitrogen and oxygen atoms in total. The molecule has 1 saturated heterocycles. The molecule has 0 aromatic rings. The van der Waals surface area contributed by atoms with Crippen molar-refractivity contribution in [1.82, 2.24) is 10.6 Å². The van der Waals surface area contributed by atoms with E-state index in [2.05, 4.69) is 17.6 Å². The number of aliphatic hydroxyl groups excluding tert-OH is 1. The van der Waals surface area contributed by atoms with Gasteiger partial charge in [-0.25, -0.2) is 0 Å². The number of nitrogens with one attached hydrogen (secondary N) is 2. The number of piperidine rings is 1. The minimum absolute atomic E-state index is 0.137. The van der Waals surface area contributed by atoms with E-state index in [4.69, 9.17) is 0 Å². The van der Waals surface area contributed by atoms with Gasteiger partial charge < -0.3 is 15.7 Å². The summed E-state index contributed by atoms with van der Waals surface area (Å²) in [6.07, 6.45) is 5.42. The van der Waals surface area contributed by atoms with Crippen LogP contribution in [-0.2, 0) is 4.79 Å². The molecular weight excluding hydrogens is 216 g/mol. The fraction of sp³-hybridized carbons (Fsp3) is 0.923. The van der Waals surface area contributed by atoms with E-state index >= 15 is 0 Å². The zero-order valence-electron chi connectivity index (χ0n) is 10.6. The van der Waals surface area contributed by atoms with Crippen molar-refractivity contribution in [1.29, 1.82) is 0 Å². The maximum absolute atomic E-state index is 12.0. The molecule has 1 aliphatic carbocycles. The molecular formula is C13H24N2O2. The largest absolute Gasteiger partial charge is 0.393 e. The SMILES string of the molecule is CC1CCC(C(=O)NC2CCC(O)CC2)CN1. The Morgan fingerprint density at radius 3 is 2.47 bits per heavy atom. The van der Waals surface area contributed by atoms with E-state index < -0.39 is 0 Å². The monoisotopic (exact) mass is 240 g/mol. The van der Waals surface area contributed by atoms with Crippen LogP contribution in [0.5, 0.6) is 0 Å². The third-order valence-electron chi connectivity index (χ3n) is 4.07. The second kappa shape index (κ2) is 5.83. The summed E-state index contributed by atoms with van der Waals surface area (Å²) in [4.78, 5) is 12.0. The second-order valence-corrected chi connectivity index (χ2v) is 5.60. The molecule has 1 amide bonds. The van der Waals surface area contributed by atoms with Gasteiger partial charge in [-0.3, -0.25) is 4.79 Å². The van der Waals surface area contributed by atoms with Crippen molar-refractivity contribution >= 4 is 5.91 Å². The Kier molecular flexibility index (Phi) is 4.40. The van der Waals surface area contributed by atoms with E-state index in [0.29, 0.717) is 6.04 Å². The molecule has 0 aromatic heterocycles. The Hall–Kier alpha value is -0.610. The Morgan fingerprint density at radius 2 is 1.88 bits per heavy atom. The maximum Gasteiger partial charge on any atom is 0.224 e. The number of carbonyl (C=O) groups excluding carboxylic acids is 1. The standard InChI is InChI=1S/C13H24N2O2/c1-9-2-3-10(8-14-9)13(17)15-11-4-6-12(16)7-5-11/h9-12,14,16H,2-8H2,1H3,(H,15,17). The molecule has 1 saturated carbocycles. The van der Waals surface area contributed by atoms with E-state index in [1.54, 1.807) is 0 Å². The van der Waals surface area contributed by atoms with Crippen molar-refractivity contribution in [2.24, 2.45) is 5.92 Å². The number of hydrogen-bond acceptors (Lipinski definition) is 3. The van der Waals surface area contributed by atoms with E-state index in [9.17, 15) is 9.90 Å². The quantitative estimate of drug-likeness (QED) is 0.669. The summed E-state index contributed by atoms with van der Waals surface area (Å²) in [7, 11) is 0. The van der Waals surface area contributed by atoms with Gasteiger partial charge in [0.15, 0.2) is 0 Å². The Labute approximate surface area is 103 Å². The molecule has 2 unspecified atom stereocenters. The van der Waals surface area contributed by atoms with Crippen LogP contribution in [0.3, 0.4) is 0 Å². The van der Waals surface area contributed by atoms with Crippen molar-refractivity contribution in [2.45, 2.75) is 63.6 Å². The maximum atomic E-state index is 12.0. The first kappa shape index (κ1) is 12.8. The van der Waals surface area contributed by atoms with E-state index in [1.165, 1.54) is 0 Å². The Morgan fingerprint density at radius 1 is 1.18 bits per heavy atom. The first-order valence-corrected chi connectivity index (χ1v) is 6.87. The summed E-state index contributed by atoms with van der Waals surface area (Å²) >= 11 is 0. The van der Waals surface area contributed by atoms with Crippen LogP contribution >= 0.6 is 0 Å². The van der Waals surface area contributed by atoms with Crippen LogP contribution in [0, 0.1) is 5.92 Å². The zero-order chi connectivity index (χ0) is 12.3. The number of hydrogen-bond donors (Lipinski definition) is 3. The van der Waals surface area contributed by atoms with Gasteiger partial charge in [-0.05, 0) is 45.4 Å². The molecule has 0 aromatic carbocycles. The van der Waals surface area contributed by atoms with Crippen molar-refractivity contribution < 1.29 is 9.90 Å². The minimum Gasteiger partial charge on any atom is -0.393 e. The molecule has 1 aliphatic heterocycles. The summed E-state index contributed by atoms with van der Waals surface area (Å²) < 4.78 is 0. The number of rotatable bonds is 2. The third kappa shape index (κ3) is 3.68. The summed E-state index contributed by atoms with van der Waals surface area (Å²) in [6, 6.07) is 0.828. The zero-order valence-corrected chi connectivity index (χ0v) is 10.6.